The number of amides is 2. The number of likely N-dealkylation sites (N-methyl/N-ethyl adjacent to an activating group) is 1. The number of pyridine rings is 1. The van der Waals surface area contributed by atoms with Gasteiger partial charge in [0.05, 0.1) is 5.02 Å². The van der Waals surface area contributed by atoms with E-state index in [0.717, 1.165) is 18.4 Å². The van der Waals surface area contributed by atoms with Gasteiger partial charge in [-0.15, -0.1) is 0 Å². The molecule has 2 aromatic carbocycles. The molecule has 9 heteroatoms. The Kier molecular flexibility index (Phi) is 8.40. The van der Waals surface area contributed by atoms with Crippen molar-refractivity contribution in [2.75, 3.05) is 40.3 Å². The second kappa shape index (κ2) is 11.9. The third kappa shape index (κ3) is 6.38. The maximum atomic E-state index is 13.6. The third-order valence-corrected chi connectivity index (χ3v) is 8.15. The normalized spacial score (nSPS) is 19.9. The predicted molar refractivity (Wildman–Crippen MR) is 152 cm³/mol. The first-order chi connectivity index (χ1) is 18.8. The minimum Gasteiger partial charge on any atom is -0.439 e. The predicted octanol–water partition coefficient (Wildman–Crippen LogP) is 5.79. The molecule has 1 unspecified atom stereocenters. The molecule has 0 saturated carbocycles. The Morgan fingerprint density at radius 1 is 0.872 bits per heavy atom. The van der Waals surface area contributed by atoms with E-state index >= 15 is 0 Å². The van der Waals surface area contributed by atoms with Crippen LogP contribution in [0, 0.1) is 11.8 Å². The fraction of sp³-hybridized carbons (Fsp3) is 0.367. The van der Waals surface area contributed by atoms with Crippen LogP contribution in [-0.4, -0.2) is 71.8 Å². The van der Waals surface area contributed by atoms with Gasteiger partial charge in [-0.3, -0.25) is 14.5 Å². The molecule has 5 rings (SSSR count). The molecular weight excluding hydrogens is 535 g/mol. The number of likely N-dealkylation sites (tertiary alicyclic amines) is 2. The van der Waals surface area contributed by atoms with Crippen LogP contribution < -0.4 is 4.74 Å². The summed E-state index contributed by atoms with van der Waals surface area (Å²) in [6.45, 7) is 2.83. The van der Waals surface area contributed by atoms with Crippen molar-refractivity contribution in [3.05, 3.63) is 88.0 Å². The quantitative estimate of drug-likeness (QED) is 0.377. The second-order valence-corrected chi connectivity index (χ2v) is 11.4. The molecule has 2 amide bonds. The van der Waals surface area contributed by atoms with Crippen molar-refractivity contribution in [2.24, 2.45) is 11.8 Å². The summed E-state index contributed by atoms with van der Waals surface area (Å²) in [5, 5.41) is 1.20. The summed E-state index contributed by atoms with van der Waals surface area (Å²) >= 11 is 11.9. The molecule has 0 radical (unpaired) electrons. The van der Waals surface area contributed by atoms with Gasteiger partial charge in [-0.2, -0.15) is 0 Å². The smallest absolute Gasteiger partial charge is 0.253 e. The lowest BCUT2D eigenvalue weighted by atomic mass is 9.92. The van der Waals surface area contributed by atoms with Gasteiger partial charge in [0.15, 0.2) is 0 Å². The van der Waals surface area contributed by atoms with Crippen molar-refractivity contribution >= 4 is 35.0 Å². The van der Waals surface area contributed by atoms with Crippen LogP contribution in [0.1, 0.15) is 34.8 Å². The summed E-state index contributed by atoms with van der Waals surface area (Å²) < 4.78 is 5.74. The molecule has 3 heterocycles. The Labute approximate surface area is 239 Å². The largest absolute Gasteiger partial charge is 0.439 e. The maximum absolute atomic E-state index is 13.6. The molecule has 0 bridgehead atoms. The summed E-state index contributed by atoms with van der Waals surface area (Å²) in [5.41, 5.74) is 1.58. The van der Waals surface area contributed by atoms with E-state index < -0.39 is 0 Å². The van der Waals surface area contributed by atoms with Gasteiger partial charge in [0, 0.05) is 49.0 Å². The maximum Gasteiger partial charge on any atom is 0.253 e. The lowest BCUT2D eigenvalue weighted by molar-refractivity contribution is -0.136. The standard InChI is InChI=1S/C30H32Cl2N4O3/c1-34(2)28(20-3-7-24(31)8-4-20)30(38)35-15-13-22-18-36(19-23(22)14-16-35)29(37)21-5-10-26(11-6-21)39-27-12-9-25(32)17-33-27/h3-12,17,22-23,28H,13-16,18-19H2,1-2H3/t22-,23+,28?. The molecule has 204 valence electrons. The van der Waals surface area contributed by atoms with Crippen molar-refractivity contribution in [1.29, 1.82) is 0 Å². The Morgan fingerprint density at radius 3 is 2.05 bits per heavy atom. The van der Waals surface area contributed by atoms with Crippen LogP contribution in [0.4, 0.5) is 0 Å². The Bertz CT molecular complexity index is 1280. The van der Waals surface area contributed by atoms with Crippen molar-refractivity contribution in [1.82, 2.24) is 19.7 Å². The molecule has 2 saturated heterocycles. The molecule has 0 spiro atoms. The van der Waals surface area contributed by atoms with Gasteiger partial charge < -0.3 is 14.5 Å². The minimum absolute atomic E-state index is 0.0302. The molecule has 0 N–H and O–H groups in total. The Balaban J connectivity index is 1.18. The van der Waals surface area contributed by atoms with Crippen LogP contribution in [-0.2, 0) is 4.79 Å². The fourth-order valence-electron chi connectivity index (χ4n) is 5.61. The first-order valence-corrected chi connectivity index (χ1v) is 13.9. The monoisotopic (exact) mass is 566 g/mol. The van der Waals surface area contributed by atoms with Gasteiger partial charge in [-0.1, -0.05) is 35.3 Å². The molecular formula is C30H32Cl2N4O3. The van der Waals surface area contributed by atoms with Crippen LogP contribution in [0.25, 0.3) is 0 Å². The zero-order valence-electron chi connectivity index (χ0n) is 22.1. The van der Waals surface area contributed by atoms with Gasteiger partial charge in [-0.25, -0.2) is 4.98 Å². The lowest BCUT2D eigenvalue weighted by Crippen LogP contribution is -2.41. The zero-order chi connectivity index (χ0) is 27.5. The topological polar surface area (TPSA) is 66.0 Å². The number of fused-ring (bicyclic) bond motifs is 1. The number of hydrogen-bond acceptors (Lipinski definition) is 5. The number of hydrogen-bond donors (Lipinski definition) is 0. The number of nitrogens with zero attached hydrogens (tertiary/aromatic N) is 4. The van der Waals surface area contributed by atoms with Crippen LogP contribution in [0.2, 0.25) is 10.0 Å². The average molecular weight is 568 g/mol. The molecule has 3 aromatic rings. The Morgan fingerprint density at radius 2 is 1.49 bits per heavy atom. The summed E-state index contributed by atoms with van der Waals surface area (Å²) in [6, 6.07) is 17.7. The highest BCUT2D eigenvalue weighted by Crippen LogP contribution is 2.34. The van der Waals surface area contributed by atoms with Crippen LogP contribution in [0.3, 0.4) is 0 Å². The number of carbonyl (C=O) groups is 2. The van der Waals surface area contributed by atoms with Crippen molar-refractivity contribution in [2.45, 2.75) is 18.9 Å². The molecule has 7 nitrogen and oxygen atoms in total. The molecule has 3 atom stereocenters. The lowest BCUT2D eigenvalue weighted by Gasteiger charge is -2.30. The van der Waals surface area contributed by atoms with Gasteiger partial charge in [0.2, 0.25) is 11.8 Å². The van der Waals surface area contributed by atoms with Crippen LogP contribution in [0.5, 0.6) is 11.6 Å². The van der Waals surface area contributed by atoms with E-state index in [0.29, 0.717) is 65.3 Å². The highest BCUT2D eigenvalue weighted by Gasteiger charge is 2.39. The molecule has 2 aliphatic rings. The summed E-state index contributed by atoms with van der Waals surface area (Å²) in [7, 11) is 3.86. The highest BCUT2D eigenvalue weighted by molar-refractivity contribution is 6.30. The van der Waals surface area contributed by atoms with Crippen molar-refractivity contribution in [3.8, 4) is 11.6 Å². The van der Waals surface area contributed by atoms with Crippen LogP contribution in [0.15, 0.2) is 66.9 Å². The highest BCUT2D eigenvalue weighted by atomic mass is 35.5. The summed E-state index contributed by atoms with van der Waals surface area (Å²) in [4.78, 5) is 36.9. The van der Waals surface area contributed by atoms with Gasteiger partial charge >= 0.3 is 0 Å². The molecule has 2 fully saturated rings. The minimum atomic E-state index is -0.347. The number of benzene rings is 2. The second-order valence-electron chi connectivity index (χ2n) is 10.5. The molecule has 0 aliphatic carbocycles. The summed E-state index contributed by atoms with van der Waals surface area (Å²) in [6.07, 6.45) is 3.31. The van der Waals surface area contributed by atoms with E-state index in [1.54, 1.807) is 36.4 Å². The third-order valence-electron chi connectivity index (χ3n) is 7.67. The van der Waals surface area contributed by atoms with E-state index in [1.165, 1.54) is 6.20 Å². The average Bonchev–Trinajstić information content (AvgIpc) is 3.23. The zero-order valence-corrected chi connectivity index (χ0v) is 23.6. The van der Waals surface area contributed by atoms with Crippen LogP contribution >= 0.6 is 23.2 Å². The Hall–Kier alpha value is -3.13. The van der Waals surface area contributed by atoms with E-state index in [1.807, 2.05) is 53.1 Å². The number of carbonyl (C=O) groups excluding carboxylic acids is 2. The number of ether oxygens (including phenoxy) is 1. The summed E-state index contributed by atoms with van der Waals surface area (Å²) in [5.74, 6) is 1.97. The number of halogens is 2. The van der Waals surface area contributed by atoms with Gasteiger partial charge in [0.25, 0.3) is 5.91 Å². The van der Waals surface area contributed by atoms with E-state index in [4.69, 9.17) is 27.9 Å². The van der Waals surface area contributed by atoms with Crippen molar-refractivity contribution in [3.63, 3.8) is 0 Å². The van der Waals surface area contributed by atoms with E-state index in [-0.39, 0.29) is 17.9 Å². The van der Waals surface area contributed by atoms with Gasteiger partial charge in [0.1, 0.15) is 11.8 Å². The molecule has 1 aromatic heterocycles. The molecule has 39 heavy (non-hydrogen) atoms. The number of rotatable bonds is 6. The first-order valence-electron chi connectivity index (χ1n) is 13.2. The fourth-order valence-corrected chi connectivity index (χ4v) is 5.84. The van der Waals surface area contributed by atoms with E-state index in [2.05, 4.69) is 4.98 Å². The number of aromatic nitrogens is 1. The first kappa shape index (κ1) is 27.4. The van der Waals surface area contributed by atoms with E-state index in [9.17, 15) is 9.59 Å². The van der Waals surface area contributed by atoms with Gasteiger partial charge in [-0.05, 0) is 86.8 Å². The molecule has 2 aliphatic heterocycles. The van der Waals surface area contributed by atoms with Crippen molar-refractivity contribution < 1.29 is 14.3 Å². The SMILES string of the molecule is CN(C)C(C(=O)N1CC[C@@H]2CN(C(=O)c3ccc(Oc4ccc(Cl)cn4)cc3)C[C@@H]2CC1)c1ccc(Cl)cc1.